The number of methoxy groups -OCH3 is 1. The van der Waals surface area contributed by atoms with Crippen LogP contribution in [0.3, 0.4) is 0 Å². The summed E-state index contributed by atoms with van der Waals surface area (Å²) in [4.78, 5) is 15.7. The molecule has 0 fully saturated rings. The molecule has 0 saturated carbocycles. The molecule has 5 heteroatoms. The van der Waals surface area contributed by atoms with Crippen molar-refractivity contribution in [1.82, 2.24) is 4.98 Å². The number of rotatable bonds is 4. The van der Waals surface area contributed by atoms with Gasteiger partial charge in [0, 0.05) is 12.6 Å². The molecule has 1 aromatic carbocycles. The van der Waals surface area contributed by atoms with Gasteiger partial charge in [-0.15, -0.1) is 0 Å². The second-order valence-electron chi connectivity index (χ2n) is 3.90. The number of hydrogen-bond acceptors (Lipinski definition) is 3. The highest BCUT2D eigenvalue weighted by Crippen LogP contribution is 2.26. The van der Waals surface area contributed by atoms with Crippen molar-refractivity contribution in [3.8, 4) is 5.75 Å². The van der Waals surface area contributed by atoms with E-state index in [-0.39, 0.29) is 17.9 Å². The maximum atomic E-state index is 13.4. The van der Waals surface area contributed by atoms with E-state index in [2.05, 4.69) is 20.9 Å². The molecule has 3 nitrogen and oxygen atoms in total. The fraction of sp³-hybridized carbons (Fsp3) is 0.143. The third-order valence-corrected chi connectivity index (χ3v) is 3.22. The summed E-state index contributed by atoms with van der Waals surface area (Å²) in [6.45, 7) is 0. The van der Waals surface area contributed by atoms with Gasteiger partial charge in [-0.25, -0.2) is 4.39 Å². The van der Waals surface area contributed by atoms with Crippen LogP contribution < -0.4 is 4.74 Å². The van der Waals surface area contributed by atoms with Crippen LogP contribution in [0.2, 0.25) is 0 Å². The second-order valence-corrected chi connectivity index (χ2v) is 4.76. The van der Waals surface area contributed by atoms with Crippen LogP contribution in [0.15, 0.2) is 41.0 Å². The molecule has 0 aliphatic rings. The largest absolute Gasteiger partial charge is 0.496 e. The molecule has 0 aliphatic heterocycles. The third kappa shape index (κ3) is 3.17. The molecule has 0 amide bonds. The van der Waals surface area contributed by atoms with Crippen molar-refractivity contribution < 1.29 is 13.9 Å². The SMILES string of the molecule is COc1ccc(CC(=O)c2ncccc2F)cc1Br. The molecule has 0 bridgehead atoms. The summed E-state index contributed by atoms with van der Waals surface area (Å²) in [5, 5.41) is 0. The number of pyridine rings is 1. The molecule has 1 heterocycles. The summed E-state index contributed by atoms with van der Waals surface area (Å²) in [7, 11) is 1.56. The Balaban J connectivity index is 2.20. The van der Waals surface area contributed by atoms with Gasteiger partial charge in [0.1, 0.15) is 11.4 Å². The third-order valence-electron chi connectivity index (χ3n) is 2.60. The van der Waals surface area contributed by atoms with Crippen LogP contribution in [0.5, 0.6) is 5.75 Å². The Hall–Kier alpha value is -1.75. The first kappa shape index (κ1) is 13.7. The molecule has 0 atom stereocenters. The van der Waals surface area contributed by atoms with Gasteiger partial charge in [-0.3, -0.25) is 9.78 Å². The van der Waals surface area contributed by atoms with E-state index in [0.29, 0.717) is 5.75 Å². The summed E-state index contributed by atoms with van der Waals surface area (Å²) in [6, 6.07) is 7.97. The Morgan fingerprint density at radius 3 is 2.84 bits per heavy atom. The minimum absolute atomic E-state index is 0.0938. The van der Waals surface area contributed by atoms with E-state index in [1.807, 2.05) is 0 Å². The zero-order valence-corrected chi connectivity index (χ0v) is 11.8. The molecule has 19 heavy (non-hydrogen) atoms. The number of ketones is 1. The minimum Gasteiger partial charge on any atom is -0.496 e. The number of benzene rings is 1. The Morgan fingerprint density at radius 1 is 1.42 bits per heavy atom. The first-order valence-electron chi connectivity index (χ1n) is 5.58. The highest BCUT2D eigenvalue weighted by molar-refractivity contribution is 9.10. The Kier molecular flexibility index (Phi) is 4.27. The van der Waals surface area contributed by atoms with Gasteiger partial charge < -0.3 is 4.74 Å². The second kappa shape index (κ2) is 5.93. The Morgan fingerprint density at radius 2 is 2.21 bits per heavy atom. The Labute approximate surface area is 118 Å². The Bertz CT molecular complexity index is 616. The van der Waals surface area contributed by atoms with E-state index in [1.165, 1.54) is 18.3 Å². The molecule has 0 N–H and O–H groups in total. The summed E-state index contributed by atoms with van der Waals surface area (Å²) in [5.41, 5.74) is 0.636. The average Bonchev–Trinajstić information content (AvgIpc) is 2.39. The normalized spacial score (nSPS) is 10.3. The van der Waals surface area contributed by atoms with E-state index in [4.69, 9.17) is 4.74 Å². The van der Waals surface area contributed by atoms with Gasteiger partial charge in [0.15, 0.2) is 11.6 Å². The number of carbonyl (C=O) groups is 1. The van der Waals surface area contributed by atoms with Crippen LogP contribution in [-0.2, 0) is 6.42 Å². The lowest BCUT2D eigenvalue weighted by Crippen LogP contribution is -2.08. The van der Waals surface area contributed by atoms with Crippen molar-refractivity contribution in [1.29, 1.82) is 0 Å². The number of halogens is 2. The highest BCUT2D eigenvalue weighted by atomic mass is 79.9. The van der Waals surface area contributed by atoms with Crippen LogP contribution >= 0.6 is 15.9 Å². The molecular weight excluding hydrogens is 313 g/mol. The molecule has 0 unspecified atom stereocenters. The summed E-state index contributed by atoms with van der Waals surface area (Å²) >= 11 is 3.34. The van der Waals surface area contributed by atoms with E-state index < -0.39 is 5.82 Å². The number of nitrogens with zero attached hydrogens (tertiary/aromatic N) is 1. The average molecular weight is 324 g/mol. The maximum absolute atomic E-state index is 13.4. The lowest BCUT2D eigenvalue weighted by atomic mass is 10.1. The van der Waals surface area contributed by atoms with Crippen LogP contribution in [0, 0.1) is 5.82 Å². The van der Waals surface area contributed by atoms with Crippen molar-refractivity contribution in [3.63, 3.8) is 0 Å². The van der Waals surface area contributed by atoms with Gasteiger partial charge in [-0.1, -0.05) is 6.07 Å². The fourth-order valence-corrected chi connectivity index (χ4v) is 2.27. The number of aromatic nitrogens is 1. The van der Waals surface area contributed by atoms with Crippen molar-refractivity contribution in [2.45, 2.75) is 6.42 Å². The molecule has 0 radical (unpaired) electrons. The minimum atomic E-state index is -0.597. The standard InChI is InChI=1S/C14H11BrFNO2/c1-19-13-5-4-9(7-10(13)15)8-12(18)14-11(16)3-2-6-17-14/h2-7H,8H2,1H3. The van der Waals surface area contributed by atoms with Crippen molar-refractivity contribution in [3.05, 3.63) is 58.1 Å². The van der Waals surface area contributed by atoms with Crippen LogP contribution in [0.4, 0.5) is 4.39 Å². The number of hydrogen-bond donors (Lipinski definition) is 0. The van der Waals surface area contributed by atoms with Gasteiger partial charge >= 0.3 is 0 Å². The number of carbonyl (C=O) groups excluding carboxylic acids is 1. The summed E-state index contributed by atoms with van der Waals surface area (Å²) < 4.78 is 19.3. The topological polar surface area (TPSA) is 39.2 Å². The lowest BCUT2D eigenvalue weighted by Gasteiger charge is -2.06. The molecule has 2 aromatic rings. The predicted octanol–water partition coefficient (Wildman–Crippen LogP) is 3.42. The first-order chi connectivity index (χ1) is 9.11. The zero-order chi connectivity index (χ0) is 13.8. The van der Waals surface area contributed by atoms with Gasteiger partial charge in [-0.05, 0) is 45.8 Å². The lowest BCUT2D eigenvalue weighted by molar-refractivity contribution is 0.0984. The highest BCUT2D eigenvalue weighted by Gasteiger charge is 2.14. The number of ether oxygens (including phenoxy) is 1. The van der Waals surface area contributed by atoms with Gasteiger partial charge in [0.05, 0.1) is 11.6 Å². The quantitative estimate of drug-likeness (QED) is 0.809. The smallest absolute Gasteiger partial charge is 0.188 e. The van der Waals surface area contributed by atoms with E-state index in [9.17, 15) is 9.18 Å². The molecule has 2 rings (SSSR count). The molecule has 1 aromatic heterocycles. The first-order valence-corrected chi connectivity index (χ1v) is 6.37. The predicted molar refractivity (Wildman–Crippen MR) is 72.9 cm³/mol. The summed E-state index contributed by atoms with van der Waals surface area (Å²) in [5.74, 6) is -0.268. The molecule has 0 aliphatic carbocycles. The van der Waals surface area contributed by atoms with Gasteiger partial charge in [0.2, 0.25) is 0 Å². The monoisotopic (exact) mass is 323 g/mol. The van der Waals surface area contributed by atoms with Gasteiger partial charge in [0.25, 0.3) is 0 Å². The summed E-state index contributed by atoms with van der Waals surface area (Å²) in [6.07, 6.45) is 1.50. The van der Waals surface area contributed by atoms with Crippen LogP contribution in [-0.4, -0.2) is 17.9 Å². The number of Topliss-reactive ketones (excluding diaryl/α,β-unsaturated/α-hetero) is 1. The van der Waals surface area contributed by atoms with Crippen LogP contribution in [0.1, 0.15) is 16.1 Å². The maximum Gasteiger partial charge on any atom is 0.188 e. The van der Waals surface area contributed by atoms with Crippen molar-refractivity contribution >= 4 is 21.7 Å². The van der Waals surface area contributed by atoms with Crippen LogP contribution in [0.25, 0.3) is 0 Å². The molecule has 98 valence electrons. The molecular formula is C14H11BrFNO2. The van der Waals surface area contributed by atoms with E-state index in [1.54, 1.807) is 25.3 Å². The van der Waals surface area contributed by atoms with Crippen molar-refractivity contribution in [2.75, 3.05) is 7.11 Å². The van der Waals surface area contributed by atoms with Crippen molar-refractivity contribution in [2.24, 2.45) is 0 Å². The molecule has 0 spiro atoms. The molecule has 0 saturated heterocycles. The van der Waals surface area contributed by atoms with E-state index in [0.717, 1.165) is 10.0 Å². The van der Waals surface area contributed by atoms with E-state index >= 15 is 0 Å². The zero-order valence-electron chi connectivity index (χ0n) is 10.2. The fourth-order valence-electron chi connectivity index (χ4n) is 1.68. The van der Waals surface area contributed by atoms with Gasteiger partial charge in [-0.2, -0.15) is 0 Å².